The molecule has 0 saturated carbocycles. The molecule has 0 unspecified atom stereocenters. The summed E-state index contributed by atoms with van der Waals surface area (Å²) in [5.74, 6) is 2.41. The van der Waals surface area contributed by atoms with E-state index >= 15 is 0 Å². The standard InChI is InChI=1S/C19H17Cl2NO2/c1-23-18-5-3-2-4-13(18)11-22-12-15-7-9-19(24-15)16-10-14(20)6-8-17(16)21/h2-10,22H,11-12H2,1H3. The molecule has 0 spiro atoms. The van der Waals surface area contributed by atoms with Crippen LogP contribution in [-0.4, -0.2) is 7.11 Å². The van der Waals surface area contributed by atoms with Crippen LogP contribution in [0.25, 0.3) is 11.3 Å². The third-order valence-electron chi connectivity index (χ3n) is 3.66. The van der Waals surface area contributed by atoms with E-state index in [0.717, 1.165) is 22.6 Å². The number of hydrogen-bond acceptors (Lipinski definition) is 3. The quantitative estimate of drug-likeness (QED) is 0.624. The van der Waals surface area contributed by atoms with Crippen molar-refractivity contribution in [2.75, 3.05) is 7.11 Å². The second-order valence-electron chi connectivity index (χ2n) is 5.31. The fraction of sp³-hybridized carbons (Fsp3) is 0.158. The predicted octanol–water partition coefficient (Wildman–Crippen LogP) is 5.55. The number of methoxy groups -OCH3 is 1. The van der Waals surface area contributed by atoms with Gasteiger partial charge in [0.05, 0.1) is 18.7 Å². The van der Waals surface area contributed by atoms with Crippen molar-refractivity contribution in [3.05, 3.63) is 76.0 Å². The molecule has 0 bridgehead atoms. The van der Waals surface area contributed by atoms with Gasteiger partial charge in [0.1, 0.15) is 17.3 Å². The van der Waals surface area contributed by atoms with Crippen LogP contribution in [0.4, 0.5) is 0 Å². The summed E-state index contributed by atoms with van der Waals surface area (Å²) in [7, 11) is 1.67. The molecule has 2 aromatic carbocycles. The zero-order chi connectivity index (χ0) is 16.9. The van der Waals surface area contributed by atoms with Crippen LogP contribution in [0.3, 0.4) is 0 Å². The Balaban J connectivity index is 1.65. The number of nitrogens with one attached hydrogen (secondary N) is 1. The van der Waals surface area contributed by atoms with E-state index in [1.807, 2.05) is 36.4 Å². The molecule has 1 N–H and O–H groups in total. The maximum atomic E-state index is 6.21. The summed E-state index contributed by atoms with van der Waals surface area (Å²) in [5, 5.41) is 4.59. The van der Waals surface area contributed by atoms with E-state index in [-0.39, 0.29) is 0 Å². The maximum Gasteiger partial charge on any atom is 0.135 e. The molecule has 1 aromatic heterocycles. The second-order valence-corrected chi connectivity index (χ2v) is 6.15. The Morgan fingerprint density at radius 3 is 2.67 bits per heavy atom. The highest BCUT2D eigenvalue weighted by molar-refractivity contribution is 6.35. The highest BCUT2D eigenvalue weighted by Crippen LogP contribution is 2.31. The van der Waals surface area contributed by atoms with E-state index in [1.54, 1.807) is 25.3 Å². The van der Waals surface area contributed by atoms with Gasteiger partial charge in [0.15, 0.2) is 0 Å². The van der Waals surface area contributed by atoms with Crippen molar-refractivity contribution < 1.29 is 9.15 Å². The van der Waals surface area contributed by atoms with E-state index in [1.165, 1.54) is 0 Å². The van der Waals surface area contributed by atoms with Crippen LogP contribution in [0, 0.1) is 0 Å². The fourth-order valence-corrected chi connectivity index (χ4v) is 2.86. The highest BCUT2D eigenvalue weighted by Gasteiger charge is 2.10. The lowest BCUT2D eigenvalue weighted by molar-refractivity contribution is 0.406. The molecule has 5 heteroatoms. The predicted molar refractivity (Wildman–Crippen MR) is 97.7 cm³/mol. The second kappa shape index (κ2) is 7.75. The van der Waals surface area contributed by atoms with E-state index in [2.05, 4.69) is 5.32 Å². The van der Waals surface area contributed by atoms with E-state index in [9.17, 15) is 0 Å². The molecule has 3 aromatic rings. The van der Waals surface area contributed by atoms with Crippen LogP contribution in [0.5, 0.6) is 5.75 Å². The first kappa shape index (κ1) is 16.9. The molecule has 0 fully saturated rings. The normalized spacial score (nSPS) is 10.8. The van der Waals surface area contributed by atoms with Gasteiger partial charge in [-0.2, -0.15) is 0 Å². The molecule has 0 aliphatic rings. The molecule has 1 heterocycles. The van der Waals surface area contributed by atoms with Gasteiger partial charge in [-0.1, -0.05) is 41.4 Å². The Hall–Kier alpha value is -1.94. The summed E-state index contributed by atoms with van der Waals surface area (Å²) in [6.45, 7) is 1.30. The van der Waals surface area contributed by atoms with E-state index in [0.29, 0.717) is 28.9 Å². The monoisotopic (exact) mass is 361 g/mol. The molecular formula is C19H17Cl2NO2. The van der Waals surface area contributed by atoms with Gasteiger partial charge in [-0.15, -0.1) is 0 Å². The van der Waals surface area contributed by atoms with Crippen LogP contribution in [-0.2, 0) is 13.1 Å². The molecule has 124 valence electrons. The van der Waals surface area contributed by atoms with Crippen LogP contribution >= 0.6 is 23.2 Å². The minimum absolute atomic E-state index is 0.607. The molecule has 0 saturated heterocycles. The topological polar surface area (TPSA) is 34.4 Å². The first-order chi connectivity index (χ1) is 11.7. The van der Waals surface area contributed by atoms with Crippen molar-refractivity contribution in [1.29, 1.82) is 0 Å². The van der Waals surface area contributed by atoms with Crippen molar-refractivity contribution >= 4 is 23.2 Å². The Bertz CT molecular complexity index is 830. The summed E-state index contributed by atoms with van der Waals surface area (Å²) < 4.78 is 11.2. The number of hydrogen-bond donors (Lipinski definition) is 1. The Morgan fingerprint density at radius 2 is 1.83 bits per heavy atom. The number of para-hydroxylation sites is 1. The summed E-state index contributed by atoms with van der Waals surface area (Å²) in [4.78, 5) is 0. The largest absolute Gasteiger partial charge is 0.496 e. The molecule has 0 aliphatic heterocycles. The fourth-order valence-electron chi connectivity index (χ4n) is 2.47. The molecule has 3 nitrogen and oxygen atoms in total. The van der Waals surface area contributed by atoms with Crippen LogP contribution in [0.1, 0.15) is 11.3 Å². The summed E-state index contributed by atoms with van der Waals surface area (Å²) in [6.07, 6.45) is 0. The van der Waals surface area contributed by atoms with Crippen molar-refractivity contribution in [2.24, 2.45) is 0 Å². The van der Waals surface area contributed by atoms with Gasteiger partial charge in [0.25, 0.3) is 0 Å². The summed E-state index contributed by atoms with van der Waals surface area (Å²) in [5.41, 5.74) is 1.89. The van der Waals surface area contributed by atoms with Crippen molar-refractivity contribution in [2.45, 2.75) is 13.1 Å². The Morgan fingerprint density at radius 1 is 1.00 bits per heavy atom. The summed E-state index contributed by atoms with van der Waals surface area (Å²) >= 11 is 12.2. The van der Waals surface area contributed by atoms with E-state index < -0.39 is 0 Å². The van der Waals surface area contributed by atoms with E-state index in [4.69, 9.17) is 32.4 Å². The molecule has 0 atom stereocenters. The lowest BCUT2D eigenvalue weighted by atomic mass is 10.2. The van der Waals surface area contributed by atoms with Gasteiger partial charge in [-0.25, -0.2) is 0 Å². The minimum atomic E-state index is 0.607. The Labute approximate surface area is 151 Å². The van der Waals surface area contributed by atoms with Gasteiger partial charge in [0.2, 0.25) is 0 Å². The average Bonchev–Trinajstić information content (AvgIpc) is 3.06. The molecule has 24 heavy (non-hydrogen) atoms. The van der Waals surface area contributed by atoms with Gasteiger partial charge in [-0.3, -0.25) is 0 Å². The van der Waals surface area contributed by atoms with Crippen LogP contribution in [0.15, 0.2) is 59.0 Å². The molecule has 0 amide bonds. The third kappa shape index (κ3) is 3.93. The SMILES string of the molecule is COc1ccccc1CNCc1ccc(-c2cc(Cl)ccc2Cl)o1. The highest BCUT2D eigenvalue weighted by atomic mass is 35.5. The Kier molecular flexibility index (Phi) is 5.46. The zero-order valence-corrected chi connectivity index (χ0v) is 14.7. The first-order valence-electron chi connectivity index (χ1n) is 7.54. The third-order valence-corrected chi connectivity index (χ3v) is 4.23. The smallest absolute Gasteiger partial charge is 0.135 e. The minimum Gasteiger partial charge on any atom is -0.496 e. The van der Waals surface area contributed by atoms with Crippen molar-refractivity contribution in [3.63, 3.8) is 0 Å². The number of rotatable bonds is 6. The molecular weight excluding hydrogens is 345 g/mol. The average molecular weight is 362 g/mol. The lowest BCUT2D eigenvalue weighted by Gasteiger charge is -2.08. The van der Waals surface area contributed by atoms with Gasteiger partial charge in [0, 0.05) is 22.7 Å². The zero-order valence-electron chi connectivity index (χ0n) is 13.2. The number of halogens is 2. The molecule has 0 radical (unpaired) electrons. The number of furan rings is 1. The van der Waals surface area contributed by atoms with Gasteiger partial charge in [-0.05, 0) is 36.4 Å². The molecule has 0 aliphatic carbocycles. The van der Waals surface area contributed by atoms with Gasteiger partial charge < -0.3 is 14.5 Å². The number of ether oxygens (including phenoxy) is 1. The van der Waals surface area contributed by atoms with Gasteiger partial charge >= 0.3 is 0 Å². The van der Waals surface area contributed by atoms with Crippen LogP contribution < -0.4 is 10.1 Å². The lowest BCUT2D eigenvalue weighted by Crippen LogP contribution is -2.12. The maximum absolute atomic E-state index is 6.21. The van der Waals surface area contributed by atoms with Crippen molar-refractivity contribution in [1.82, 2.24) is 5.32 Å². The number of benzene rings is 2. The molecule has 3 rings (SSSR count). The van der Waals surface area contributed by atoms with Crippen molar-refractivity contribution in [3.8, 4) is 17.1 Å². The van der Waals surface area contributed by atoms with Crippen LogP contribution in [0.2, 0.25) is 10.0 Å². The first-order valence-corrected chi connectivity index (χ1v) is 8.29. The summed E-state index contributed by atoms with van der Waals surface area (Å²) in [6, 6.07) is 17.1.